The lowest BCUT2D eigenvalue weighted by atomic mass is 10.0. The topological polar surface area (TPSA) is 15.3 Å². The van der Waals surface area contributed by atoms with Crippen LogP contribution in [-0.2, 0) is 0 Å². The lowest BCUT2D eigenvalue weighted by Gasteiger charge is -2.27. The summed E-state index contributed by atoms with van der Waals surface area (Å²) in [6.45, 7) is 8.03. The molecule has 0 aromatic heterocycles. The van der Waals surface area contributed by atoms with E-state index in [2.05, 4.69) is 64.3 Å². The third-order valence-electron chi connectivity index (χ3n) is 3.43. The molecule has 0 radical (unpaired) electrons. The van der Waals surface area contributed by atoms with Crippen LogP contribution in [0.25, 0.3) is 0 Å². The molecular formula is C15H23BrN2. The zero-order valence-electron chi connectivity index (χ0n) is 11.3. The molecule has 0 spiro atoms. The van der Waals surface area contributed by atoms with Crippen LogP contribution in [0.15, 0.2) is 28.7 Å². The quantitative estimate of drug-likeness (QED) is 0.916. The second-order valence-electron chi connectivity index (χ2n) is 5.56. The van der Waals surface area contributed by atoms with Gasteiger partial charge in [-0.05, 0) is 49.6 Å². The first-order valence-corrected chi connectivity index (χ1v) is 7.68. The van der Waals surface area contributed by atoms with E-state index in [0.717, 1.165) is 30.0 Å². The molecule has 1 aliphatic heterocycles. The summed E-state index contributed by atoms with van der Waals surface area (Å²) in [5.41, 5.74) is 1.34. The zero-order valence-corrected chi connectivity index (χ0v) is 12.9. The van der Waals surface area contributed by atoms with Gasteiger partial charge in [-0.3, -0.25) is 0 Å². The Balaban J connectivity index is 2.04. The molecule has 1 heterocycles. The number of halogens is 1. The third-order valence-corrected chi connectivity index (χ3v) is 3.95. The van der Waals surface area contributed by atoms with Gasteiger partial charge in [-0.25, -0.2) is 0 Å². The number of rotatable bonds is 3. The predicted octanol–water partition coefficient (Wildman–Crippen LogP) is 3.66. The first kappa shape index (κ1) is 13.9. The van der Waals surface area contributed by atoms with Crippen molar-refractivity contribution in [1.29, 1.82) is 0 Å². The molecule has 100 valence electrons. The minimum Gasteiger partial charge on any atom is -0.370 e. The Bertz CT molecular complexity index is 361. The summed E-state index contributed by atoms with van der Waals surface area (Å²) < 4.78 is 1.15. The van der Waals surface area contributed by atoms with Crippen molar-refractivity contribution in [2.45, 2.75) is 32.7 Å². The Hall–Kier alpha value is -0.540. The maximum Gasteiger partial charge on any atom is 0.0367 e. The van der Waals surface area contributed by atoms with E-state index < -0.39 is 0 Å². The summed E-state index contributed by atoms with van der Waals surface area (Å²) in [5.74, 6) is 0.757. The fraction of sp³-hybridized carbons (Fsp3) is 0.600. The van der Waals surface area contributed by atoms with Crippen LogP contribution in [-0.4, -0.2) is 25.7 Å². The van der Waals surface area contributed by atoms with Crippen LogP contribution in [0.5, 0.6) is 0 Å². The van der Waals surface area contributed by atoms with E-state index in [9.17, 15) is 0 Å². The summed E-state index contributed by atoms with van der Waals surface area (Å²) in [4.78, 5) is 2.51. The monoisotopic (exact) mass is 310 g/mol. The lowest BCUT2D eigenvalue weighted by Crippen LogP contribution is -2.38. The molecule has 0 amide bonds. The molecule has 1 aromatic carbocycles. The Morgan fingerprint density at radius 2 is 2.06 bits per heavy atom. The highest BCUT2D eigenvalue weighted by atomic mass is 79.9. The standard InChI is InChI=1S/C15H23BrN2/c1-12(2)10-14-11-18(9-3-8-17-14)15-6-4-13(16)5-7-15/h4-7,12,14,17H,3,8-11H2,1-2H3. The highest BCUT2D eigenvalue weighted by molar-refractivity contribution is 9.10. The van der Waals surface area contributed by atoms with Crippen molar-refractivity contribution in [2.24, 2.45) is 5.92 Å². The van der Waals surface area contributed by atoms with Crippen molar-refractivity contribution in [1.82, 2.24) is 5.32 Å². The summed E-state index contributed by atoms with van der Waals surface area (Å²) in [7, 11) is 0. The van der Waals surface area contributed by atoms with Crippen molar-refractivity contribution >= 4 is 21.6 Å². The van der Waals surface area contributed by atoms with E-state index in [1.165, 1.54) is 18.5 Å². The van der Waals surface area contributed by atoms with E-state index >= 15 is 0 Å². The molecular weight excluding hydrogens is 288 g/mol. The molecule has 2 nitrogen and oxygen atoms in total. The SMILES string of the molecule is CC(C)CC1CN(c2ccc(Br)cc2)CCCN1. The number of hydrogen-bond acceptors (Lipinski definition) is 2. The first-order valence-electron chi connectivity index (χ1n) is 6.89. The molecule has 0 bridgehead atoms. The number of nitrogens with zero attached hydrogens (tertiary/aromatic N) is 1. The van der Waals surface area contributed by atoms with Gasteiger partial charge < -0.3 is 10.2 Å². The summed E-state index contributed by atoms with van der Waals surface area (Å²) in [6.07, 6.45) is 2.48. The Morgan fingerprint density at radius 3 is 2.72 bits per heavy atom. The van der Waals surface area contributed by atoms with Crippen LogP contribution >= 0.6 is 15.9 Å². The number of anilines is 1. The van der Waals surface area contributed by atoms with Gasteiger partial charge in [0.15, 0.2) is 0 Å². The lowest BCUT2D eigenvalue weighted by molar-refractivity contribution is 0.436. The van der Waals surface area contributed by atoms with Gasteiger partial charge in [0, 0.05) is 29.3 Å². The summed E-state index contributed by atoms with van der Waals surface area (Å²) in [5, 5.41) is 3.67. The van der Waals surface area contributed by atoms with E-state index in [1.807, 2.05) is 0 Å². The average Bonchev–Trinajstić information content (AvgIpc) is 2.55. The van der Waals surface area contributed by atoms with Crippen LogP contribution < -0.4 is 10.2 Å². The van der Waals surface area contributed by atoms with Crippen LogP contribution in [0.1, 0.15) is 26.7 Å². The molecule has 0 aliphatic carbocycles. The van der Waals surface area contributed by atoms with Gasteiger partial charge in [0.1, 0.15) is 0 Å². The zero-order chi connectivity index (χ0) is 13.0. The van der Waals surface area contributed by atoms with Gasteiger partial charge in [0.05, 0.1) is 0 Å². The van der Waals surface area contributed by atoms with Crippen molar-refractivity contribution in [3.63, 3.8) is 0 Å². The van der Waals surface area contributed by atoms with Gasteiger partial charge in [-0.2, -0.15) is 0 Å². The van der Waals surface area contributed by atoms with Gasteiger partial charge in [0.2, 0.25) is 0 Å². The van der Waals surface area contributed by atoms with Gasteiger partial charge >= 0.3 is 0 Å². The fourth-order valence-electron chi connectivity index (χ4n) is 2.61. The second kappa shape index (κ2) is 6.58. The Kier molecular flexibility index (Phi) is 5.07. The molecule has 2 rings (SSSR count). The number of benzene rings is 1. The Morgan fingerprint density at radius 1 is 1.33 bits per heavy atom. The highest BCUT2D eigenvalue weighted by Crippen LogP contribution is 2.21. The van der Waals surface area contributed by atoms with E-state index in [1.54, 1.807) is 0 Å². The van der Waals surface area contributed by atoms with Crippen molar-refractivity contribution in [3.8, 4) is 0 Å². The molecule has 1 fully saturated rings. The molecule has 1 aliphatic rings. The third kappa shape index (κ3) is 3.99. The molecule has 3 heteroatoms. The maximum absolute atomic E-state index is 3.67. The van der Waals surface area contributed by atoms with Gasteiger partial charge in [0.25, 0.3) is 0 Å². The van der Waals surface area contributed by atoms with Crippen molar-refractivity contribution in [2.75, 3.05) is 24.5 Å². The van der Waals surface area contributed by atoms with Crippen molar-refractivity contribution in [3.05, 3.63) is 28.7 Å². The predicted molar refractivity (Wildman–Crippen MR) is 82.2 cm³/mol. The maximum atomic E-state index is 3.67. The molecule has 1 aromatic rings. The number of hydrogen-bond donors (Lipinski definition) is 1. The second-order valence-corrected chi connectivity index (χ2v) is 6.47. The molecule has 1 unspecified atom stereocenters. The largest absolute Gasteiger partial charge is 0.370 e. The normalized spacial score (nSPS) is 21.1. The smallest absolute Gasteiger partial charge is 0.0367 e. The molecule has 18 heavy (non-hydrogen) atoms. The number of nitrogens with one attached hydrogen (secondary N) is 1. The minimum absolute atomic E-state index is 0.621. The van der Waals surface area contributed by atoms with Crippen LogP contribution in [0, 0.1) is 5.92 Å². The van der Waals surface area contributed by atoms with E-state index in [-0.39, 0.29) is 0 Å². The summed E-state index contributed by atoms with van der Waals surface area (Å²) in [6, 6.07) is 9.30. The molecule has 1 saturated heterocycles. The Labute approximate surface area is 119 Å². The molecule has 1 atom stereocenters. The highest BCUT2D eigenvalue weighted by Gasteiger charge is 2.18. The summed E-state index contributed by atoms with van der Waals surface area (Å²) >= 11 is 3.50. The van der Waals surface area contributed by atoms with E-state index in [4.69, 9.17) is 0 Å². The van der Waals surface area contributed by atoms with Gasteiger partial charge in [-0.1, -0.05) is 29.8 Å². The van der Waals surface area contributed by atoms with Crippen molar-refractivity contribution < 1.29 is 0 Å². The molecule has 1 N–H and O–H groups in total. The average molecular weight is 311 g/mol. The van der Waals surface area contributed by atoms with Crippen LogP contribution in [0.3, 0.4) is 0 Å². The minimum atomic E-state index is 0.621. The van der Waals surface area contributed by atoms with Crippen LogP contribution in [0.4, 0.5) is 5.69 Å². The van der Waals surface area contributed by atoms with Gasteiger partial charge in [-0.15, -0.1) is 0 Å². The van der Waals surface area contributed by atoms with E-state index in [0.29, 0.717) is 6.04 Å². The first-order chi connectivity index (χ1) is 8.65. The van der Waals surface area contributed by atoms with Crippen LogP contribution in [0.2, 0.25) is 0 Å². The molecule has 0 saturated carbocycles. The fourth-order valence-corrected chi connectivity index (χ4v) is 2.88.